The molecule has 0 aromatic carbocycles. The van der Waals surface area contributed by atoms with Crippen LogP contribution in [0.25, 0.3) is 0 Å². The second-order valence-electron chi connectivity index (χ2n) is 0.224. The topological polar surface area (TPSA) is 66.2 Å². The molecule has 0 aromatic rings. The van der Waals surface area contributed by atoms with Crippen LogP contribution in [0.2, 0.25) is 0 Å². The standard InChI is InChI=1S/NO3.Pb.Zn/c2-1(3)4;;/q-1;;+2. The molecule has 0 saturated heterocycles. The van der Waals surface area contributed by atoms with Crippen LogP contribution in [0.3, 0.4) is 0 Å². The van der Waals surface area contributed by atoms with Crippen molar-refractivity contribution in [1.82, 2.24) is 0 Å². The first kappa shape index (κ1) is 15.9. The van der Waals surface area contributed by atoms with Crippen molar-refractivity contribution in [3.63, 3.8) is 0 Å². The average Bonchev–Trinajstić information content (AvgIpc) is 0.811. The zero-order valence-corrected chi connectivity index (χ0v) is 9.73. The van der Waals surface area contributed by atoms with Gasteiger partial charge < -0.3 is 15.3 Å². The molecule has 0 aliphatic rings. The van der Waals surface area contributed by atoms with Gasteiger partial charge in [0.25, 0.3) is 0 Å². The summed E-state index contributed by atoms with van der Waals surface area (Å²) < 4.78 is 0. The predicted molar refractivity (Wildman–Crippen MR) is 16.1 cm³/mol. The molecule has 0 spiro atoms. The third-order valence-corrected chi connectivity index (χ3v) is 0. The number of rotatable bonds is 0. The van der Waals surface area contributed by atoms with Gasteiger partial charge in [0.15, 0.2) is 0 Å². The van der Waals surface area contributed by atoms with Gasteiger partial charge in [-0.1, -0.05) is 0 Å². The van der Waals surface area contributed by atoms with Crippen LogP contribution in [0, 0.1) is 15.3 Å². The maximum absolute atomic E-state index is 8.25. The van der Waals surface area contributed by atoms with Crippen molar-refractivity contribution in [2.75, 3.05) is 0 Å². The molecule has 0 N–H and O–H groups in total. The maximum Gasteiger partial charge on any atom is 2.00 e. The van der Waals surface area contributed by atoms with E-state index in [0.29, 0.717) is 0 Å². The molecule has 4 radical (unpaired) electrons. The first-order valence-corrected chi connectivity index (χ1v) is 0.548. The zero-order valence-electron chi connectivity index (χ0n) is 2.88. The van der Waals surface area contributed by atoms with E-state index >= 15 is 0 Å². The molecule has 28 valence electrons. The molecule has 0 bridgehead atoms. The van der Waals surface area contributed by atoms with Crippen LogP contribution in [0.15, 0.2) is 0 Å². The van der Waals surface area contributed by atoms with Crippen molar-refractivity contribution < 1.29 is 24.6 Å². The second kappa shape index (κ2) is 9.22. The third kappa shape index (κ3) is 120. The van der Waals surface area contributed by atoms with Crippen molar-refractivity contribution in [3.05, 3.63) is 15.3 Å². The van der Waals surface area contributed by atoms with Crippen molar-refractivity contribution in [2.24, 2.45) is 0 Å². The summed E-state index contributed by atoms with van der Waals surface area (Å²) in [5.74, 6) is 0. The molecule has 0 aromatic heterocycles. The summed E-state index contributed by atoms with van der Waals surface area (Å²) in [4.78, 5) is 8.25. The molecule has 0 aliphatic carbocycles. The fraction of sp³-hybridized carbons (Fsp3) is 0. The van der Waals surface area contributed by atoms with Gasteiger partial charge in [-0.2, -0.15) is 0 Å². The van der Waals surface area contributed by atoms with E-state index < -0.39 is 5.09 Å². The van der Waals surface area contributed by atoms with Gasteiger partial charge in [-0.3, -0.25) is 0 Å². The minimum Gasteiger partial charge on any atom is -0.356 e. The summed E-state index contributed by atoms with van der Waals surface area (Å²) in [6.07, 6.45) is 0. The Bertz CT molecular complexity index is 33.8. The molecular formula is NO3PbZn+. The maximum atomic E-state index is 8.25. The SMILES string of the molecule is O=[N+]([O-])[O-].[Pb].[Zn+2]. The largest absolute Gasteiger partial charge is 2.00 e. The van der Waals surface area contributed by atoms with Crippen molar-refractivity contribution in [2.45, 2.75) is 0 Å². The Morgan fingerprint density at radius 1 is 1.33 bits per heavy atom. The van der Waals surface area contributed by atoms with E-state index in [1.54, 1.807) is 0 Å². The molecular weight excluding hydrogens is 335 g/mol. The molecule has 0 amide bonds. The van der Waals surface area contributed by atoms with Crippen LogP contribution in [-0.4, -0.2) is 32.4 Å². The normalized spacial score (nSPS) is 4.00. The van der Waals surface area contributed by atoms with E-state index in [2.05, 4.69) is 0 Å². The minimum atomic E-state index is -1.75. The van der Waals surface area contributed by atoms with Gasteiger partial charge in [0, 0.05) is 27.3 Å². The van der Waals surface area contributed by atoms with Crippen LogP contribution in [0.4, 0.5) is 0 Å². The molecule has 0 aliphatic heterocycles. The molecule has 0 atom stereocenters. The van der Waals surface area contributed by atoms with E-state index in [0.717, 1.165) is 0 Å². The first-order chi connectivity index (χ1) is 1.73. The van der Waals surface area contributed by atoms with E-state index in [9.17, 15) is 0 Å². The quantitative estimate of drug-likeness (QED) is 0.337. The molecule has 6 heteroatoms. The fourth-order valence-corrected chi connectivity index (χ4v) is 0. The summed E-state index contributed by atoms with van der Waals surface area (Å²) in [7, 11) is 0. The van der Waals surface area contributed by atoms with E-state index in [1.807, 2.05) is 0 Å². The number of hydrogen-bond donors (Lipinski definition) is 0. The van der Waals surface area contributed by atoms with Gasteiger partial charge in [0.2, 0.25) is 0 Å². The van der Waals surface area contributed by atoms with Gasteiger partial charge in [0.1, 0.15) is 0 Å². The van der Waals surface area contributed by atoms with Crippen molar-refractivity contribution >= 4 is 27.3 Å². The van der Waals surface area contributed by atoms with Gasteiger partial charge in [-0.25, -0.2) is 0 Å². The predicted octanol–water partition coefficient (Wildman–Crippen LogP) is -0.622. The molecule has 0 saturated carbocycles. The Morgan fingerprint density at radius 2 is 1.33 bits per heavy atom. The Labute approximate surface area is 66.9 Å². The molecule has 0 unspecified atom stereocenters. The van der Waals surface area contributed by atoms with E-state index in [-0.39, 0.29) is 46.8 Å². The number of nitrogens with zero attached hydrogens (tertiary/aromatic N) is 1. The van der Waals surface area contributed by atoms with Crippen LogP contribution in [0.1, 0.15) is 0 Å². The van der Waals surface area contributed by atoms with E-state index in [4.69, 9.17) is 15.3 Å². The molecule has 0 fully saturated rings. The van der Waals surface area contributed by atoms with Crippen molar-refractivity contribution in [1.29, 1.82) is 0 Å². The average molecular weight is 335 g/mol. The van der Waals surface area contributed by atoms with Gasteiger partial charge in [-0.05, 0) is 0 Å². The summed E-state index contributed by atoms with van der Waals surface area (Å²) >= 11 is 0. The van der Waals surface area contributed by atoms with Crippen LogP contribution in [-0.2, 0) is 19.5 Å². The van der Waals surface area contributed by atoms with Crippen LogP contribution in [0.5, 0.6) is 0 Å². The third-order valence-electron chi connectivity index (χ3n) is 0. The Hall–Kier alpha value is 0.745. The molecule has 6 heavy (non-hydrogen) atoms. The monoisotopic (exact) mass is 334 g/mol. The molecule has 4 nitrogen and oxygen atoms in total. The van der Waals surface area contributed by atoms with Crippen LogP contribution >= 0.6 is 0 Å². The molecule has 0 heterocycles. The minimum absolute atomic E-state index is 0. The van der Waals surface area contributed by atoms with Gasteiger partial charge >= 0.3 is 19.5 Å². The first-order valence-electron chi connectivity index (χ1n) is 0.548. The molecule has 0 rings (SSSR count). The second-order valence-corrected chi connectivity index (χ2v) is 0.224. The Balaban J connectivity index is -0.0000000450. The Kier molecular flexibility index (Phi) is 24.4. The summed E-state index contributed by atoms with van der Waals surface area (Å²) in [6.45, 7) is 0. The van der Waals surface area contributed by atoms with Gasteiger partial charge in [0.05, 0.1) is 5.09 Å². The van der Waals surface area contributed by atoms with Crippen LogP contribution < -0.4 is 0 Å². The Morgan fingerprint density at radius 3 is 1.33 bits per heavy atom. The van der Waals surface area contributed by atoms with Crippen molar-refractivity contribution in [3.8, 4) is 0 Å². The van der Waals surface area contributed by atoms with Gasteiger partial charge in [-0.15, -0.1) is 0 Å². The summed E-state index contributed by atoms with van der Waals surface area (Å²) in [5.41, 5.74) is 0. The zero-order chi connectivity index (χ0) is 3.58. The summed E-state index contributed by atoms with van der Waals surface area (Å²) in [5, 5.41) is 14.8. The smallest absolute Gasteiger partial charge is 0.356 e. The van der Waals surface area contributed by atoms with E-state index in [1.165, 1.54) is 0 Å². The fourth-order valence-electron chi connectivity index (χ4n) is 0. The number of hydrogen-bond acceptors (Lipinski definition) is 3. The summed E-state index contributed by atoms with van der Waals surface area (Å²) in [6, 6.07) is 0.